The Morgan fingerprint density at radius 2 is 0.974 bits per heavy atom. The number of ether oxygens (including phenoxy) is 2. The Kier molecular flexibility index (Phi) is 30.4. The highest BCUT2D eigenvalue weighted by molar-refractivity contribution is 6.02. The summed E-state index contributed by atoms with van der Waals surface area (Å²) in [5.74, 6) is -11.0. The molecule has 3 heterocycles. The molecule has 7 aromatic rings. The van der Waals surface area contributed by atoms with Gasteiger partial charge in [0.1, 0.15) is 77.1 Å². The summed E-state index contributed by atoms with van der Waals surface area (Å²) in [7, 11) is 0. The number of nitrogens with one attached hydrogen (secondary N) is 15. The Bertz CT molecular complexity index is 4630. The minimum absolute atomic E-state index is 0.0149. The molecule has 8 atom stereocenters. The third-order valence-electron chi connectivity index (χ3n) is 19.0. The minimum Gasteiger partial charge on any atom is -0.508 e. The number of hydrogen-bond donors (Lipinski definition) is 21. The second-order valence-corrected chi connectivity index (χ2v) is 28.5. The van der Waals surface area contributed by atoms with E-state index in [0.717, 1.165) is 0 Å². The SMILES string of the molecule is CC(C)CC1NC(=O)C(CCCNC(=N)N)NC(=O)C(Cc2ccc(O)cc2)NC(=O)c2cc3cc(c2)Oc2ccc(N)cc2C(=O)NCCCCC(NC1=O)C(=O)NC(Cc1ccccc1)C(=O)NC(CCCNC(=N)N)C(=O)NC(Cc1c[nH]c2ccccc12)C(=O)NC(C(N)=O)CCCCNC(=O)c1cc(N)ccc1O3. The van der Waals surface area contributed by atoms with Crippen molar-refractivity contribution >= 4 is 99.2 Å². The molecule has 0 fully saturated rings. The van der Waals surface area contributed by atoms with E-state index >= 15 is 33.6 Å². The zero-order chi connectivity index (χ0) is 82.0. The van der Waals surface area contributed by atoms with Crippen LogP contribution in [0.25, 0.3) is 10.9 Å². The number of primary amides is 1. The molecule has 114 heavy (non-hydrogen) atoms. The zero-order valence-corrected chi connectivity index (χ0v) is 63.3. The highest BCUT2D eigenvalue weighted by Gasteiger charge is 2.37. The van der Waals surface area contributed by atoms with Crippen LogP contribution in [-0.4, -0.2) is 162 Å². The topological polar surface area (TPSA) is 564 Å². The van der Waals surface area contributed by atoms with Gasteiger partial charge in [0.15, 0.2) is 11.9 Å². The highest BCUT2D eigenvalue weighted by atomic mass is 16.5. The molecular formula is C80H100N20O14. The molecule has 2 aliphatic rings. The molecule has 34 heteroatoms. The number of aromatic hydroxyl groups is 1. The van der Waals surface area contributed by atoms with Crippen LogP contribution in [0, 0.1) is 16.7 Å². The molecule has 6 aromatic carbocycles. The van der Waals surface area contributed by atoms with Crippen molar-refractivity contribution in [3.8, 4) is 28.7 Å². The quantitative estimate of drug-likeness (QED) is 0.0270. The third kappa shape index (κ3) is 25.3. The fourth-order valence-electron chi connectivity index (χ4n) is 13.1. The largest absolute Gasteiger partial charge is 0.508 e. The van der Waals surface area contributed by atoms with E-state index in [1.807, 2.05) is 18.2 Å². The number of carbonyl (C=O) groups is 11. The van der Waals surface area contributed by atoms with Crippen molar-refractivity contribution in [3.63, 3.8) is 0 Å². The predicted molar refractivity (Wildman–Crippen MR) is 426 cm³/mol. The number of H-pyrrole nitrogens is 1. The fraction of sp³-hybridized carbons (Fsp3) is 0.362. The van der Waals surface area contributed by atoms with Crippen molar-refractivity contribution in [1.29, 1.82) is 10.8 Å². The molecule has 604 valence electrons. The lowest BCUT2D eigenvalue weighted by atomic mass is 9.99. The summed E-state index contributed by atoms with van der Waals surface area (Å²) in [5.41, 5.74) is 32.1. The number of anilines is 2. The van der Waals surface area contributed by atoms with Crippen LogP contribution in [0.2, 0.25) is 0 Å². The van der Waals surface area contributed by atoms with Crippen LogP contribution in [0.5, 0.6) is 28.7 Å². The third-order valence-corrected chi connectivity index (χ3v) is 19.0. The average Bonchev–Trinajstić information content (AvgIpc) is 1.52. The van der Waals surface area contributed by atoms with Crippen molar-refractivity contribution in [2.45, 2.75) is 152 Å². The summed E-state index contributed by atoms with van der Waals surface area (Å²) in [6, 6.07) is 22.2. The van der Waals surface area contributed by atoms with E-state index in [9.17, 15) is 24.3 Å². The molecule has 26 N–H and O–H groups in total. The predicted octanol–water partition coefficient (Wildman–Crippen LogP) is 2.73. The number of fused-ring (bicyclic) bond motifs is 10. The number of aromatic amines is 1. The number of guanidine groups is 2. The van der Waals surface area contributed by atoms with Gasteiger partial charge in [-0.05, 0) is 160 Å². The van der Waals surface area contributed by atoms with Gasteiger partial charge in [0, 0.05) is 85.5 Å². The van der Waals surface area contributed by atoms with Crippen LogP contribution >= 0.6 is 0 Å². The lowest BCUT2D eigenvalue weighted by Gasteiger charge is -2.29. The van der Waals surface area contributed by atoms with Crippen LogP contribution in [0.3, 0.4) is 0 Å². The first-order chi connectivity index (χ1) is 54.6. The molecule has 11 amide bonds. The first-order valence-electron chi connectivity index (χ1n) is 37.7. The molecule has 0 saturated heterocycles. The molecule has 9 rings (SSSR count). The number of rotatable bonds is 17. The van der Waals surface area contributed by atoms with Gasteiger partial charge >= 0.3 is 0 Å². The standard InChI is InChI=1S/C80H100N20O14/c1-44(2)34-62-75(109)94-59-19-9-11-31-89-71(105)56-41-50(82)25-29-67(56)114-53-38-47(69(103)97-63(36-46-22-26-51(101)27-23-46)76(110)95-60(73(107)98-62)20-12-32-90-79(84)85)37-52(42-53)113-66-28-24-49(81)40-55(66)70(104)88-30-10-8-18-58(68(83)102)93-78(112)65(39-48-43-92-57-17-7-6-16-54(48)57)100-74(108)61(21-13-33-91-80(86)87)96-77(111)64(99-72(59)106)35-45-14-4-3-5-15-45/h3-7,14-17,22-29,37-38,40-44,58-65,92,101H,8-13,18-21,30-36,39,81-82H2,1-2H3,(H2,83,102)(H,88,104)(H,89,105)(H,93,112)(H,94,109)(H,95,110)(H,96,111)(H,97,103)(H,98,107)(H,99,106)(H,100,108)(H4,84,85,90)(H4,86,87,91). The normalized spacial score (nSPS) is 20.4. The molecule has 8 unspecified atom stereocenters. The Balaban J connectivity index is 1.17. The van der Waals surface area contributed by atoms with Crippen molar-refractivity contribution in [2.24, 2.45) is 23.1 Å². The van der Waals surface area contributed by atoms with E-state index in [2.05, 4.69) is 68.8 Å². The van der Waals surface area contributed by atoms with Crippen LogP contribution < -0.4 is 102 Å². The lowest BCUT2D eigenvalue weighted by Crippen LogP contribution is -2.61. The molecule has 34 nitrogen and oxygen atoms in total. The summed E-state index contributed by atoms with van der Waals surface area (Å²) >= 11 is 0. The van der Waals surface area contributed by atoms with Crippen molar-refractivity contribution in [1.82, 2.24) is 68.8 Å². The number of amides is 11. The van der Waals surface area contributed by atoms with E-state index in [1.54, 1.807) is 56.4 Å². The van der Waals surface area contributed by atoms with E-state index < -0.39 is 113 Å². The number of nitrogen functional groups attached to an aromatic ring is 2. The van der Waals surface area contributed by atoms with Gasteiger partial charge in [0.2, 0.25) is 47.3 Å². The van der Waals surface area contributed by atoms with Gasteiger partial charge in [-0.2, -0.15) is 0 Å². The number of para-hydroxylation sites is 1. The van der Waals surface area contributed by atoms with Gasteiger partial charge in [-0.15, -0.1) is 0 Å². The Labute approximate surface area is 657 Å². The Morgan fingerprint density at radius 3 is 1.53 bits per heavy atom. The Hall–Kier alpha value is -13.4. The van der Waals surface area contributed by atoms with E-state index in [0.29, 0.717) is 27.6 Å². The van der Waals surface area contributed by atoms with Crippen molar-refractivity contribution in [2.75, 3.05) is 37.6 Å². The maximum atomic E-state index is 15.4. The summed E-state index contributed by atoms with van der Waals surface area (Å²) in [4.78, 5) is 167. The number of hydrogen-bond acceptors (Lipinski definition) is 18. The summed E-state index contributed by atoms with van der Waals surface area (Å²) in [6.07, 6.45) is 1.36. The average molecular weight is 1570 g/mol. The summed E-state index contributed by atoms with van der Waals surface area (Å²) in [5, 5.41) is 60.1. The van der Waals surface area contributed by atoms with Crippen LogP contribution in [0.15, 0.2) is 140 Å². The number of nitrogens with two attached hydrogens (primary N) is 5. The minimum atomic E-state index is -1.54. The van der Waals surface area contributed by atoms with Gasteiger partial charge < -0.3 is 112 Å². The van der Waals surface area contributed by atoms with Crippen LogP contribution in [0.1, 0.15) is 132 Å². The number of phenolic OH excluding ortho intramolecular Hbond substituents is 1. The second kappa shape index (κ2) is 41.0. The lowest BCUT2D eigenvalue weighted by molar-refractivity contribution is -0.136. The van der Waals surface area contributed by atoms with Crippen LogP contribution in [-0.2, 0) is 57.6 Å². The highest BCUT2D eigenvalue weighted by Crippen LogP contribution is 2.35. The molecule has 0 aliphatic carbocycles. The molecule has 2 aliphatic heterocycles. The summed E-state index contributed by atoms with van der Waals surface area (Å²) < 4.78 is 13.0. The maximum absolute atomic E-state index is 15.4. The number of phenols is 1. The van der Waals surface area contributed by atoms with Crippen molar-refractivity contribution in [3.05, 3.63) is 173 Å². The Morgan fingerprint density at radius 1 is 0.500 bits per heavy atom. The zero-order valence-electron chi connectivity index (χ0n) is 63.3. The van der Waals surface area contributed by atoms with Gasteiger partial charge in [0.05, 0.1) is 11.1 Å². The molecular weight excluding hydrogens is 1470 g/mol. The van der Waals surface area contributed by atoms with Crippen LogP contribution in [0.4, 0.5) is 11.4 Å². The first-order valence-corrected chi connectivity index (χ1v) is 37.7. The van der Waals surface area contributed by atoms with E-state index in [-0.39, 0.29) is 191 Å². The maximum Gasteiger partial charge on any atom is 0.255 e. The molecule has 0 spiro atoms. The smallest absolute Gasteiger partial charge is 0.255 e. The van der Waals surface area contributed by atoms with Crippen molar-refractivity contribution < 1.29 is 67.3 Å². The fourth-order valence-corrected chi connectivity index (χ4v) is 13.1. The monoisotopic (exact) mass is 1560 g/mol. The number of aromatic nitrogens is 1. The van der Waals surface area contributed by atoms with E-state index in [1.165, 1.54) is 78.9 Å². The molecule has 0 saturated carbocycles. The first kappa shape index (κ1) is 84.6. The van der Waals surface area contributed by atoms with Gasteiger partial charge in [-0.1, -0.05) is 74.5 Å². The molecule has 0 radical (unpaired) electrons. The van der Waals surface area contributed by atoms with Gasteiger partial charge in [0.25, 0.3) is 17.7 Å². The van der Waals surface area contributed by atoms with Gasteiger partial charge in [-0.25, -0.2) is 0 Å². The second-order valence-electron chi connectivity index (χ2n) is 28.5. The molecule has 1 aromatic heterocycles. The van der Waals surface area contributed by atoms with Gasteiger partial charge in [-0.3, -0.25) is 63.6 Å². The molecule has 4 bridgehead atoms. The van der Waals surface area contributed by atoms with E-state index in [4.69, 9.17) is 49.0 Å². The number of benzene rings is 6. The summed E-state index contributed by atoms with van der Waals surface area (Å²) in [6.45, 7) is 3.59. The number of carbonyl (C=O) groups excluding carboxylic acids is 11.